The van der Waals surface area contributed by atoms with Crippen LogP contribution in [0.25, 0.3) is 22.8 Å². The number of nitrogen functional groups attached to an aromatic ring is 1. The minimum absolute atomic E-state index is 0.175. The third kappa shape index (κ3) is 5.91. The molecule has 3 aromatic heterocycles. The molecular weight excluding hydrogens is 496 g/mol. The molecule has 1 aliphatic heterocycles. The lowest BCUT2D eigenvalue weighted by Crippen LogP contribution is -2.41. The highest BCUT2D eigenvalue weighted by Crippen LogP contribution is 2.33. The van der Waals surface area contributed by atoms with Crippen LogP contribution in [-0.4, -0.2) is 93.5 Å². The second-order valence-electron chi connectivity index (χ2n) is 9.62. The van der Waals surface area contributed by atoms with Crippen LogP contribution < -0.4 is 20.5 Å². The molecule has 12 heteroatoms. The molecule has 5 rings (SSSR count). The fourth-order valence-corrected chi connectivity index (χ4v) is 4.72. The van der Waals surface area contributed by atoms with Crippen molar-refractivity contribution in [2.75, 3.05) is 59.0 Å². The number of fused-ring (bicyclic) bond motifs is 1. The zero-order chi connectivity index (χ0) is 27.4. The SMILES string of the molecule is COc1cc2ncnc(-n3nc(Nc4ccc(C=CCN5CCC(N(C)C)CC5)nc4)nc3N)c2cc1OC. The molecule has 204 valence electrons. The first kappa shape index (κ1) is 26.3. The fourth-order valence-electron chi connectivity index (χ4n) is 4.72. The predicted octanol–water partition coefficient (Wildman–Crippen LogP) is 2.99. The summed E-state index contributed by atoms with van der Waals surface area (Å²) in [5, 5.41) is 8.38. The number of aromatic nitrogens is 6. The van der Waals surface area contributed by atoms with Gasteiger partial charge in [0.25, 0.3) is 0 Å². The van der Waals surface area contributed by atoms with E-state index in [0.29, 0.717) is 40.2 Å². The molecule has 39 heavy (non-hydrogen) atoms. The van der Waals surface area contributed by atoms with E-state index in [-0.39, 0.29) is 5.95 Å². The summed E-state index contributed by atoms with van der Waals surface area (Å²) in [4.78, 5) is 22.4. The summed E-state index contributed by atoms with van der Waals surface area (Å²) >= 11 is 0. The van der Waals surface area contributed by atoms with Crippen LogP contribution in [-0.2, 0) is 0 Å². The molecule has 1 aliphatic rings. The van der Waals surface area contributed by atoms with Gasteiger partial charge in [0, 0.05) is 24.0 Å². The summed E-state index contributed by atoms with van der Waals surface area (Å²) in [6, 6.07) is 8.15. The van der Waals surface area contributed by atoms with Crippen molar-refractivity contribution in [1.82, 2.24) is 39.5 Å². The minimum Gasteiger partial charge on any atom is -0.493 e. The van der Waals surface area contributed by atoms with Crippen molar-refractivity contribution in [2.24, 2.45) is 0 Å². The summed E-state index contributed by atoms with van der Waals surface area (Å²) in [5.41, 5.74) is 8.50. The Hall–Kier alpha value is -4.29. The van der Waals surface area contributed by atoms with Gasteiger partial charge in [-0.05, 0) is 64.3 Å². The Morgan fingerprint density at radius 3 is 2.54 bits per heavy atom. The van der Waals surface area contributed by atoms with Gasteiger partial charge in [-0.25, -0.2) is 9.97 Å². The zero-order valence-corrected chi connectivity index (χ0v) is 22.7. The average Bonchev–Trinajstić information content (AvgIpc) is 3.32. The molecule has 0 amide bonds. The van der Waals surface area contributed by atoms with Crippen LogP contribution in [0, 0.1) is 0 Å². The second-order valence-corrected chi connectivity index (χ2v) is 9.62. The normalized spacial score (nSPS) is 14.9. The van der Waals surface area contributed by atoms with Crippen molar-refractivity contribution >= 4 is 34.6 Å². The molecule has 1 aromatic carbocycles. The molecule has 1 fully saturated rings. The molecule has 0 atom stereocenters. The van der Waals surface area contributed by atoms with Gasteiger partial charge in [0.2, 0.25) is 11.9 Å². The van der Waals surface area contributed by atoms with E-state index in [9.17, 15) is 0 Å². The minimum atomic E-state index is 0.175. The Morgan fingerprint density at radius 1 is 1.08 bits per heavy atom. The van der Waals surface area contributed by atoms with Crippen molar-refractivity contribution in [3.63, 3.8) is 0 Å². The Labute approximate surface area is 227 Å². The smallest absolute Gasteiger partial charge is 0.248 e. The number of hydrogen-bond acceptors (Lipinski definition) is 11. The summed E-state index contributed by atoms with van der Waals surface area (Å²) < 4.78 is 12.3. The number of hydrogen-bond donors (Lipinski definition) is 2. The Morgan fingerprint density at radius 2 is 1.85 bits per heavy atom. The lowest BCUT2D eigenvalue weighted by atomic mass is 10.0. The molecule has 0 spiro atoms. The van der Waals surface area contributed by atoms with E-state index in [1.54, 1.807) is 32.5 Å². The molecule has 0 radical (unpaired) electrons. The largest absolute Gasteiger partial charge is 0.493 e. The van der Waals surface area contributed by atoms with Gasteiger partial charge < -0.3 is 25.4 Å². The Kier molecular flexibility index (Phi) is 7.84. The summed E-state index contributed by atoms with van der Waals surface area (Å²) in [7, 11) is 7.48. The molecule has 3 N–H and O–H groups in total. The Balaban J connectivity index is 1.25. The molecule has 0 bridgehead atoms. The van der Waals surface area contributed by atoms with Gasteiger partial charge in [-0.15, -0.1) is 5.10 Å². The van der Waals surface area contributed by atoms with Gasteiger partial charge in [-0.1, -0.05) is 6.08 Å². The van der Waals surface area contributed by atoms with Crippen molar-refractivity contribution < 1.29 is 9.47 Å². The number of methoxy groups -OCH3 is 2. The maximum atomic E-state index is 6.21. The number of benzene rings is 1. The van der Waals surface area contributed by atoms with Gasteiger partial charge in [0.15, 0.2) is 17.3 Å². The van der Waals surface area contributed by atoms with Crippen molar-refractivity contribution in [3.05, 3.63) is 48.6 Å². The van der Waals surface area contributed by atoms with E-state index in [1.165, 1.54) is 23.9 Å². The molecule has 4 heterocycles. The van der Waals surface area contributed by atoms with Crippen LogP contribution in [0.4, 0.5) is 17.6 Å². The van der Waals surface area contributed by atoms with Gasteiger partial charge in [0.05, 0.1) is 37.3 Å². The summed E-state index contributed by atoms with van der Waals surface area (Å²) in [6.07, 6.45) is 9.84. The maximum Gasteiger partial charge on any atom is 0.248 e. The number of nitrogens with two attached hydrogens (primary N) is 1. The number of ether oxygens (including phenoxy) is 2. The first-order valence-electron chi connectivity index (χ1n) is 12.8. The highest BCUT2D eigenvalue weighted by Gasteiger charge is 2.19. The molecular formula is C27H34N10O2. The highest BCUT2D eigenvalue weighted by molar-refractivity contribution is 5.88. The van der Waals surface area contributed by atoms with Crippen LogP contribution in [0.2, 0.25) is 0 Å². The molecule has 0 aliphatic carbocycles. The number of anilines is 3. The molecule has 0 unspecified atom stereocenters. The average molecular weight is 531 g/mol. The van der Waals surface area contributed by atoms with E-state index in [1.807, 2.05) is 12.1 Å². The van der Waals surface area contributed by atoms with E-state index >= 15 is 0 Å². The molecule has 4 aromatic rings. The van der Waals surface area contributed by atoms with Crippen molar-refractivity contribution in [3.8, 4) is 17.3 Å². The predicted molar refractivity (Wildman–Crippen MR) is 152 cm³/mol. The number of likely N-dealkylation sites (tertiary alicyclic amines) is 1. The van der Waals surface area contributed by atoms with Crippen LogP contribution in [0.5, 0.6) is 11.5 Å². The lowest BCUT2D eigenvalue weighted by Gasteiger charge is -2.34. The number of piperidine rings is 1. The Bertz CT molecular complexity index is 1440. The topological polar surface area (TPSA) is 132 Å². The highest BCUT2D eigenvalue weighted by atomic mass is 16.5. The van der Waals surface area contributed by atoms with Gasteiger partial charge in [-0.2, -0.15) is 9.67 Å². The van der Waals surface area contributed by atoms with E-state index < -0.39 is 0 Å². The lowest BCUT2D eigenvalue weighted by molar-refractivity contribution is 0.155. The fraction of sp³-hybridized carbons (Fsp3) is 0.370. The molecule has 1 saturated heterocycles. The van der Waals surface area contributed by atoms with Crippen LogP contribution in [0.3, 0.4) is 0 Å². The number of rotatable bonds is 9. The maximum absolute atomic E-state index is 6.21. The first-order valence-corrected chi connectivity index (χ1v) is 12.8. The van der Waals surface area contributed by atoms with Crippen LogP contribution >= 0.6 is 0 Å². The summed E-state index contributed by atoms with van der Waals surface area (Å²) in [6.45, 7) is 3.18. The number of nitrogens with one attached hydrogen (secondary N) is 1. The zero-order valence-electron chi connectivity index (χ0n) is 22.7. The van der Waals surface area contributed by atoms with Crippen molar-refractivity contribution in [2.45, 2.75) is 18.9 Å². The second kappa shape index (κ2) is 11.6. The number of nitrogens with zero attached hydrogens (tertiary/aromatic N) is 8. The monoisotopic (exact) mass is 530 g/mol. The van der Waals surface area contributed by atoms with Gasteiger partial charge >= 0.3 is 0 Å². The van der Waals surface area contributed by atoms with E-state index in [4.69, 9.17) is 15.2 Å². The van der Waals surface area contributed by atoms with Crippen molar-refractivity contribution in [1.29, 1.82) is 0 Å². The van der Waals surface area contributed by atoms with Crippen LogP contribution in [0.15, 0.2) is 42.9 Å². The molecule has 0 saturated carbocycles. The van der Waals surface area contributed by atoms with Crippen LogP contribution in [0.1, 0.15) is 18.5 Å². The standard InChI is InChI=1S/C27H34N10O2/c1-35(2)20-9-12-36(13-10-20)11-5-6-18-7-8-19(16-29-18)32-27-33-26(28)37(34-27)25-21-14-23(38-3)24(39-4)15-22(21)30-17-31-25/h5-8,14-17,20H,9-13H2,1-4H3,(H3,28,32,33,34). The van der Waals surface area contributed by atoms with E-state index in [0.717, 1.165) is 31.0 Å². The van der Waals surface area contributed by atoms with E-state index in [2.05, 4.69) is 66.4 Å². The molecule has 12 nitrogen and oxygen atoms in total. The third-order valence-corrected chi connectivity index (χ3v) is 6.93. The van der Waals surface area contributed by atoms with Gasteiger partial charge in [0.1, 0.15) is 6.33 Å². The quantitative estimate of drug-likeness (QED) is 0.331. The first-order chi connectivity index (χ1) is 18.9. The third-order valence-electron chi connectivity index (χ3n) is 6.93. The number of pyridine rings is 1. The van der Waals surface area contributed by atoms with Gasteiger partial charge in [-0.3, -0.25) is 9.88 Å². The summed E-state index contributed by atoms with van der Waals surface area (Å²) in [5.74, 6) is 2.09.